The highest BCUT2D eigenvalue weighted by Crippen LogP contribution is 2.13. The summed E-state index contributed by atoms with van der Waals surface area (Å²) >= 11 is 0. The summed E-state index contributed by atoms with van der Waals surface area (Å²) in [6.45, 7) is 4.31. The molecule has 0 bridgehead atoms. The smallest absolute Gasteiger partial charge is 0.238 e. The van der Waals surface area contributed by atoms with E-state index in [4.69, 9.17) is 10.6 Å². The monoisotopic (exact) mass is 249 g/mol. The summed E-state index contributed by atoms with van der Waals surface area (Å²) in [5.74, 6) is 4.97. The van der Waals surface area contributed by atoms with E-state index in [9.17, 15) is 4.79 Å². The van der Waals surface area contributed by atoms with Crippen LogP contribution in [0.3, 0.4) is 0 Å². The lowest BCUT2D eigenvalue weighted by atomic mass is 10.0. The van der Waals surface area contributed by atoms with Crippen molar-refractivity contribution in [1.29, 1.82) is 0 Å². The number of nitrogens with one attached hydrogen (secondary N) is 1. The molecule has 0 atom stereocenters. The van der Waals surface area contributed by atoms with Crippen LogP contribution in [0.15, 0.2) is 24.3 Å². The fraction of sp³-hybridized carbons (Fsp3) is 0.462. The molecule has 3 N–H and O–H groups in total. The molecule has 0 aromatic heterocycles. The number of ether oxygens (including phenoxy) is 1. The number of hydrazine groups is 1. The Bertz CT molecular complexity index is 403. The Kier molecular flexibility index (Phi) is 4.69. The van der Waals surface area contributed by atoms with Gasteiger partial charge in [-0.1, -0.05) is 24.3 Å². The summed E-state index contributed by atoms with van der Waals surface area (Å²) < 4.78 is 5.33. The van der Waals surface area contributed by atoms with Gasteiger partial charge < -0.3 is 4.74 Å². The van der Waals surface area contributed by atoms with Crippen LogP contribution in [0.4, 0.5) is 0 Å². The van der Waals surface area contributed by atoms with Crippen molar-refractivity contribution >= 4 is 5.91 Å². The molecule has 0 spiro atoms. The van der Waals surface area contributed by atoms with Crippen molar-refractivity contribution in [1.82, 2.24) is 10.3 Å². The van der Waals surface area contributed by atoms with E-state index < -0.39 is 0 Å². The summed E-state index contributed by atoms with van der Waals surface area (Å²) in [4.78, 5) is 13.7. The van der Waals surface area contributed by atoms with Gasteiger partial charge in [-0.05, 0) is 11.1 Å². The highest BCUT2D eigenvalue weighted by atomic mass is 16.5. The second-order valence-electron chi connectivity index (χ2n) is 4.40. The molecule has 2 rings (SSSR count). The minimum Gasteiger partial charge on any atom is -0.379 e. The number of morpholine rings is 1. The van der Waals surface area contributed by atoms with Gasteiger partial charge in [0.15, 0.2) is 0 Å². The van der Waals surface area contributed by atoms with Gasteiger partial charge in [0.25, 0.3) is 0 Å². The maximum atomic E-state index is 11.4. The molecule has 0 radical (unpaired) electrons. The Hall–Kier alpha value is -1.43. The standard InChI is InChI=1S/C13H19N3O2/c14-15-13(17)9-11-3-1-2-4-12(11)10-16-5-7-18-8-6-16/h1-4H,5-10,14H2,(H,15,17). The Morgan fingerprint density at radius 1 is 1.28 bits per heavy atom. The topological polar surface area (TPSA) is 67.6 Å². The van der Waals surface area contributed by atoms with Crippen molar-refractivity contribution in [2.75, 3.05) is 26.3 Å². The van der Waals surface area contributed by atoms with E-state index in [1.54, 1.807) is 0 Å². The van der Waals surface area contributed by atoms with E-state index in [1.807, 2.05) is 18.2 Å². The van der Waals surface area contributed by atoms with E-state index in [2.05, 4.69) is 16.4 Å². The van der Waals surface area contributed by atoms with Gasteiger partial charge in [0, 0.05) is 19.6 Å². The number of hydrogen-bond donors (Lipinski definition) is 2. The van der Waals surface area contributed by atoms with Gasteiger partial charge in [-0.2, -0.15) is 0 Å². The quantitative estimate of drug-likeness (QED) is 0.449. The number of amides is 1. The van der Waals surface area contributed by atoms with E-state index in [1.165, 1.54) is 5.56 Å². The van der Waals surface area contributed by atoms with Crippen LogP contribution in [0.1, 0.15) is 11.1 Å². The number of nitrogens with two attached hydrogens (primary N) is 1. The molecule has 1 saturated heterocycles. The second-order valence-corrected chi connectivity index (χ2v) is 4.40. The first-order valence-corrected chi connectivity index (χ1v) is 6.16. The Morgan fingerprint density at radius 3 is 2.61 bits per heavy atom. The molecule has 5 nitrogen and oxygen atoms in total. The van der Waals surface area contributed by atoms with Crippen LogP contribution in [0.5, 0.6) is 0 Å². The van der Waals surface area contributed by atoms with Crippen LogP contribution in [0.2, 0.25) is 0 Å². The van der Waals surface area contributed by atoms with Crippen molar-refractivity contribution in [3.63, 3.8) is 0 Å². The molecule has 1 aliphatic rings. The van der Waals surface area contributed by atoms with E-state index in [-0.39, 0.29) is 5.91 Å². The molecule has 1 heterocycles. The van der Waals surface area contributed by atoms with Gasteiger partial charge >= 0.3 is 0 Å². The fourth-order valence-corrected chi connectivity index (χ4v) is 2.11. The van der Waals surface area contributed by atoms with Crippen LogP contribution in [-0.2, 0) is 22.5 Å². The lowest BCUT2D eigenvalue weighted by Gasteiger charge is -2.27. The van der Waals surface area contributed by atoms with Crippen molar-refractivity contribution in [3.05, 3.63) is 35.4 Å². The third-order valence-electron chi connectivity index (χ3n) is 3.13. The van der Waals surface area contributed by atoms with Gasteiger partial charge in [0.1, 0.15) is 0 Å². The number of rotatable bonds is 4. The van der Waals surface area contributed by atoms with Gasteiger partial charge in [-0.3, -0.25) is 15.1 Å². The summed E-state index contributed by atoms with van der Waals surface area (Å²) in [7, 11) is 0. The molecule has 1 amide bonds. The number of carbonyl (C=O) groups is 1. The molecule has 1 aliphatic heterocycles. The fourth-order valence-electron chi connectivity index (χ4n) is 2.11. The first kappa shape index (κ1) is 13.0. The maximum absolute atomic E-state index is 11.4. The zero-order chi connectivity index (χ0) is 12.8. The van der Waals surface area contributed by atoms with E-state index in [0.717, 1.165) is 38.4 Å². The molecule has 1 fully saturated rings. The van der Waals surface area contributed by atoms with Crippen LogP contribution in [-0.4, -0.2) is 37.1 Å². The molecule has 5 heteroatoms. The average Bonchev–Trinajstić information content (AvgIpc) is 2.42. The number of benzene rings is 1. The molecule has 1 aromatic rings. The molecule has 98 valence electrons. The van der Waals surface area contributed by atoms with Crippen molar-refractivity contribution < 1.29 is 9.53 Å². The number of hydrogen-bond acceptors (Lipinski definition) is 4. The number of carbonyl (C=O) groups excluding carboxylic acids is 1. The third-order valence-corrected chi connectivity index (χ3v) is 3.13. The largest absolute Gasteiger partial charge is 0.379 e. The maximum Gasteiger partial charge on any atom is 0.238 e. The second kappa shape index (κ2) is 6.49. The van der Waals surface area contributed by atoms with E-state index >= 15 is 0 Å². The number of nitrogens with zero attached hydrogens (tertiary/aromatic N) is 1. The van der Waals surface area contributed by atoms with Gasteiger partial charge in [0.05, 0.1) is 19.6 Å². The highest BCUT2D eigenvalue weighted by Gasteiger charge is 2.13. The molecular weight excluding hydrogens is 230 g/mol. The Morgan fingerprint density at radius 2 is 1.94 bits per heavy atom. The van der Waals surface area contributed by atoms with Gasteiger partial charge in [-0.15, -0.1) is 0 Å². The lowest BCUT2D eigenvalue weighted by molar-refractivity contribution is -0.120. The summed E-state index contributed by atoms with van der Waals surface area (Å²) in [5, 5.41) is 0. The summed E-state index contributed by atoms with van der Waals surface area (Å²) in [5.41, 5.74) is 4.39. The van der Waals surface area contributed by atoms with Crippen LogP contribution in [0.25, 0.3) is 0 Å². The SMILES string of the molecule is NNC(=O)Cc1ccccc1CN1CCOCC1. The summed E-state index contributed by atoms with van der Waals surface area (Å²) in [6, 6.07) is 7.99. The van der Waals surface area contributed by atoms with Crippen LogP contribution < -0.4 is 11.3 Å². The summed E-state index contributed by atoms with van der Waals surface area (Å²) in [6.07, 6.45) is 0.330. The average molecular weight is 249 g/mol. The van der Waals surface area contributed by atoms with Crippen LogP contribution >= 0.6 is 0 Å². The Labute approximate surface area is 107 Å². The predicted octanol–water partition coefficient (Wildman–Crippen LogP) is 0.0512. The van der Waals surface area contributed by atoms with Crippen molar-refractivity contribution in [2.45, 2.75) is 13.0 Å². The molecule has 0 saturated carbocycles. The first-order chi connectivity index (χ1) is 8.79. The van der Waals surface area contributed by atoms with Gasteiger partial charge in [-0.25, -0.2) is 5.84 Å². The minimum absolute atomic E-state index is 0.163. The molecule has 1 aromatic carbocycles. The Balaban J connectivity index is 2.04. The molecular formula is C13H19N3O2. The molecule has 18 heavy (non-hydrogen) atoms. The first-order valence-electron chi connectivity index (χ1n) is 6.16. The molecule has 0 unspecified atom stereocenters. The minimum atomic E-state index is -0.163. The molecule has 0 aliphatic carbocycles. The predicted molar refractivity (Wildman–Crippen MR) is 68.6 cm³/mol. The normalized spacial score (nSPS) is 16.5. The van der Waals surface area contributed by atoms with Gasteiger partial charge in [0.2, 0.25) is 5.91 Å². The zero-order valence-electron chi connectivity index (χ0n) is 10.4. The van der Waals surface area contributed by atoms with Crippen molar-refractivity contribution in [3.8, 4) is 0 Å². The van der Waals surface area contributed by atoms with Crippen molar-refractivity contribution in [2.24, 2.45) is 5.84 Å². The zero-order valence-corrected chi connectivity index (χ0v) is 10.4. The van der Waals surface area contributed by atoms with Crippen LogP contribution in [0, 0.1) is 0 Å². The van der Waals surface area contributed by atoms with E-state index in [0.29, 0.717) is 6.42 Å². The highest BCUT2D eigenvalue weighted by molar-refractivity contribution is 5.78. The third kappa shape index (κ3) is 3.53. The lowest BCUT2D eigenvalue weighted by Crippen LogP contribution is -2.36.